The van der Waals surface area contributed by atoms with Gasteiger partial charge in [-0.15, -0.1) is 11.3 Å². The Morgan fingerprint density at radius 2 is 2.03 bits per heavy atom. The van der Waals surface area contributed by atoms with Gasteiger partial charge in [0.25, 0.3) is 0 Å². The first kappa shape index (κ1) is 19.9. The highest BCUT2D eigenvalue weighted by Gasteiger charge is 2.19. The Bertz CT molecular complexity index is 1230. The molecule has 0 unspecified atom stereocenters. The molecule has 0 saturated heterocycles. The first-order chi connectivity index (χ1) is 14.4. The number of thiophene rings is 1. The zero-order valence-electron chi connectivity index (χ0n) is 16.8. The van der Waals surface area contributed by atoms with Gasteiger partial charge in [-0.3, -0.25) is 9.78 Å². The van der Waals surface area contributed by atoms with Gasteiger partial charge in [-0.2, -0.15) is 0 Å². The number of anilines is 2. The van der Waals surface area contributed by atoms with Crippen molar-refractivity contribution in [3.63, 3.8) is 0 Å². The Morgan fingerprint density at radius 3 is 2.77 bits per heavy atom. The van der Waals surface area contributed by atoms with Crippen LogP contribution in [0, 0.1) is 19.7 Å². The van der Waals surface area contributed by atoms with Crippen molar-refractivity contribution in [3.05, 3.63) is 65.0 Å². The summed E-state index contributed by atoms with van der Waals surface area (Å²) in [7, 11) is 1.81. The summed E-state index contributed by atoms with van der Waals surface area (Å²) in [6.07, 6.45) is 3.42. The largest absolute Gasteiger partial charge is 0.350 e. The van der Waals surface area contributed by atoms with Gasteiger partial charge in [0.05, 0.1) is 11.9 Å². The second-order valence-corrected chi connectivity index (χ2v) is 8.19. The number of carbonyl (C=O) groups excluding carboxylic acids is 1. The maximum absolute atomic E-state index is 13.4. The van der Waals surface area contributed by atoms with Gasteiger partial charge in [-0.25, -0.2) is 14.4 Å². The predicted molar refractivity (Wildman–Crippen MR) is 118 cm³/mol. The zero-order chi connectivity index (χ0) is 21.3. The highest BCUT2D eigenvalue weighted by Crippen LogP contribution is 2.36. The Kier molecular flexibility index (Phi) is 5.41. The Balaban J connectivity index is 1.68. The third-order valence-corrected chi connectivity index (χ3v) is 5.88. The topological polar surface area (TPSA) is 71.0 Å². The van der Waals surface area contributed by atoms with E-state index in [-0.39, 0.29) is 12.5 Å². The molecule has 0 radical (unpaired) electrons. The first-order valence-corrected chi connectivity index (χ1v) is 10.2. The minimum absolute atomic E-state index is 0.0590. The van der Waals surface area contributed by atoms with E-state index in [2.05, 4.69) is 10.3 Å². The third kappa shape index (κ3) is 3.99. The molecule has 0 bridgehead atoms. The quantitative estimate of drug-likeness (QED) is 0.511. The molecule has 0 spiro atoms. The number of aryl methyl sites for hydroxylation is 2. The normalized spacial score (nSPS) is 10.9. The van der Waals surface area contributed by atoms with E-state index in [0.29, 0.717) is 17.3 Å². The van der Waals surface area contributed by atoms with Crippen molar-refractivity contribution in [2.75, 3.05) is 23.8 Å². The van der Waals surface area contributed by atoms with Crippen LogP contribution in [0.4, 0.5) is 15.9 Å². The Labute approximate surface area is 177 Å². The van der Waals surface area contributed by atoms with Crippen molar-refractivity contribution < 1.29 is 9.18 Å². The second kappa shape index (κ2) is 8.16. The summed E-state index contributed by atoms with van der Waals surface area (Å²) in [5, 5.41) is 3.66. The molecule has 1 N–H and O–H groups in total. The lowest BCUT2D eigenvalue weighted by molar-refractivity contribution is -0.114. The molecule has 1 amide bonds. The van der Waals surface area contributed by atoms with Crippen LogP contribution in [0.25, 0.3) is 21.6 Å². The van der Waals surface area contributed by atoms with Crippen molar-refractivity contribution >= 4 is 39.0 Å². The summed E-state index contributed by atoms with van der Waals surface area (Å²) in [4.78, 5) is 30.0. The highest BCUT2D eigenvalue weighted by atomic mass is 32.1. The van der Waals surface area contributed by atoms with Crippen LogP contribution in [0.2, 0.25) is 0 Å². The average molecular weight is 422 g/mol. The number of hydrogen-bond donors (Lipinski definition) is 1. The third-order valence-electron chi connectivity index (χ3n) is 4.78. The molecule has 0 saturated carbocycles. The molecule has 4 aromatic rings. The fourth-order valence-corrected chi connectivity index (χ4v) is 4.21. The van der Waals surface area contributed by atoms with Crippen LogP contribution in [0.3, 0.4) is 0 Å². The molecule has 152 valence electrons. The average Bonchev–Trinajstić information content (AvgIpc) is 3.01. The number of likely N-dealkylation sites (N-methyl/N-ethyl adjacent to an activating group) is 1. The number of nitrogens with one attached hydrogen (secondary N) is 1. The van der Waals surface area contributed by atoms with Crippen LogP contribution in [0.1, 0.15) is 10.4 Å². The number of rotatable bonds is 5. The first-order valence-electron chi connectivity index (χ1n) is 9.37. The maximum Gasteiger partial charge on any atom is 0.243 e. The SMILES string of the molecule is Cc1sc2nc(-c3cccnc3)nc(N(C)CC(=O)Nc3cccc(F)c3)c2c1C. The Morgan fingerprint density at radius 1 is 1.20 bits per heavy atom. The molecule has 4 rings (SSSR count). The molecule has 0 aliphatic heterocycles. The fraction of sp³-hybridized carbons (Fsp3) is 0.182. The standard InChI is InChI=1S/C22H20FN5OS/c1-13-14(2)30-22-19(13)21(26-20(27-22)15-6-5-9-24-11-15)28(3)12-18(29)25-17-8-4-7-16(23)10-17/h4-11H,12H2,1-3H3,(H,25,29). The van der Waals surface area contributed by atoms with Gasteiger partial charge in [0.2, 0.25) is 5.91 Å². The monoisotopic (exact) mass is 421 g/mol. The molecule has 8 heteroatoms. The number of pyridine rings is 1. The van der Waals surface area contributed by atoms with Gasteiger partial charge in [-0.1, -0.05) is 6.07 Å². The number of hydrogen-bond acceptors (Lipinski definition) is 6. The van der Waals surface area contributed by atoms with Crippen molar-refractivity contribution in [1.29, 1.82) is 0 Å². The predicted octanol–water partition coefficient (Wildman–Crippen LogP) is 4.58. The minimum atomic E-state index is -0.399. The van der Waals surface area contributed by atoms with E-state index in [1.165, 1.54) is 12.1 Å². The van der Waals surface area contributed by atoms with Crippen LogP contribution >= 0.6 is 11.3 Å². The van der Waals surface area contributed by atoms with Gasteiger partial charge in [0.15, 0.2) is 5.82 Å². The summed E-state index contributed by atoms with van der Waals surface area (Å²) in [5.74, 6) is 0.575. The van der Waals surface area contributed by atoms with Crippen LogP contribution < -0.4 is 10.2 Å². The van der Waals surface area contributed by atoms with E-state index in [9.17, 15) is 9.18 Å². The highest BCUT2D eigenvalue weighted by molar-refractivity contribution is 7.18. The van der Waals surface area contributed by atoms with E-state index in [4.69, 9.17) is 9.97 Å². The molecule has 0 atom stereocenters. The van der Waals surface area contributed by atoms with Gasteiger partial charge < -0.3 is 10.2 Å². The lowest BCUT2D eigenvalue weighted by Crippen LogP contribution is -2.31. The van der Waals surface area contributed by atoms with Crippen molar-refractivity contribution in [2.45, 2.75) is 13.8 Å². The van der Waals surface area contributed by atoms with E-state index in [0.717, 1.165) is 26.2 Å². The summed E-state index contributed by atoms with van der Waals surface area (Å²) in [5.41, 5.74) is 2.32. The molecular formula is C22H20FN5OS. The molecule has 0 aliphatic rings. The van der Waals surface area contributed by atoms with Crippen molar-refractivity contribution in [1.82, 2.24) is 15.0 Å². The molecule has 0 aliphatic carbocycles. The number of carbonyl (C=O) groups is 1. The lowest BCUT2D eigenvalue weighted by Gasteiger charge is -2.20. The zero-order valence-corrected chi connectivity index (χ0v) is 17.6. The van der Waals surface area contributed by atoms with Crippen LogP contribution in [0.5, 0.6) is 0 Å². The number of nitrogens with zero attached hydrogens (tertiary/aromatic N) is 4. The summed E-state index contributed by atoms with van der Waals surface area (Å²) >= 11 is 1.60. The smallest absolute Gasteiger partial charge is 0.243 e. The molecular weight excluding hydrogens is 401 g/mol. The van der Waals surface area contributed by atoms with E-state index in [1.807, 2.05) is 33.0 Å². The van der Waals surface area contributed by atoms with Crippen molar-refractivity contribution in [2.24, 2.45) is 0 Å². The number of halogens is 1. The van der Waals surface area contributed by atoms with E-state index in [1.54, 1.807) is 40.8 Å². The maximum atomic E-state index is 13.4. The van der Waals surface area contributed by atoms with E-state index < -0.39 is 5.82 Å². The minimum Gasteiger partial charge on any atom is -0.350 e. The molecule has 1 aromatic carbocycles. The molecule has 0 fully saturated rings. The van der Waals surface area contributed by atoms with E-state index >= 15 is 0 Å². The summed E-state index contributed by atoms with van der Waals surface area (Å²) in [6, 6.07) is 9.57. The molecule has 6 nitrogen and oxygen atoms in total. The molecule has 30 heavy (non-hydrogen) atoms. The summed E-state index contributed by atoms with van der Waals surface area (Å²) < 4.78 is 13.4. The van der Waals surface area contributed by atoms with Gasteiger partial charge in [0, 0.05) is 35.6 Å². The number of amides is 1. The van der Waals surface area contributed by atoms with Crippen LogP contribution in [-0.4, -0.2) is 34.5 Å². The number of fused-ring (bicyclic) bond motifs is 1. The van der Waals surface area contributed by atoms with Gasteiger partial charge in [-0.05, 0) is 49.7 Å². The molecule has 3 aromatic heterocycles. The number of benzene rings is 1. The van der Waals surface area contributed by atoms with Crippen LogP contribution in [0.15, 0.2) is 48.8 Å². The van der Waals surface area contributed by atoms with Gasteiger partial charge >= 0.3 is 0 Å². The van der Waals surface area contributed by atoms with Crippen LogP contribution in [-0.2, 0) is 4.79 Å². The summed E-state index contributed by atoms with van der Waals surface area (Å²) in [6.45, 7) is 4.14. The van der Waals surface area contributed by atoms with Crippen molar-refractivity contribution in [3.8, 4) is 11.4 Å². The number of aromatic nitrogens is 3. The lowest BCUT2D eigenvalue weighted by atomic mass is 10.2. The van der Waals surface area contributed by atoms with Gasteiger partial charge in [0.1, 0.15) is 16.5 Å². The molecule has 3 heterocycles. The second-order valence-electron chi connectivity index (χ2n) is 6.99. The fourth-order valence-electron chi connectivity index (χ4n) is 3.19. The Hall–Kier alpha value is -3.39.